The summed E-state index contributed by atoms with van der Waals surface area (Å²) in [5.74, 6) is -2.67. The summed E-state index contributed by atoms with van der Waals surface area (Å²) < 4.78 is 11.6. The molecule has 4 aromatic carbocycles. The molecule has 1 aliphatic heterocycles. The number of aromatic hydroxyl groups is 6. The number of hydrogen-bond acceptors (Lipinski definition) is 10. The molecule has 0 spiro atoms. The van der Waals surface area contributed by atoms with Crippen LogP contribution in [0.2, 0.25) is 0 Å². The smallest absolute Gasteiger partial charge is 0.197 e. The number of phenols is 6. The third-order valence-corrected chi connectivity index (χ3v) is 6.77. The first-order chi connectivity index (χ1) is 19.1. The summed E-state index contributed by atoms with van der Waals surface area (Å²) in [4.78, 5) is 25.8. The van der Waals surface area contributed by atoms with Gasteiger partial charge >= 0.3 is 0 Å². The fraction of sp³-hybridized carbons (Fsp3) is 0.0667. The summed E-state index contributed by atoms with van der Waals surface area (Å²) >= 11 is 0. The van der Waals surface area contributed by atoms with Gasteiger partial charge in [0.15, 0.2) is 11.2 Å². The predicted molar refractivity (Wildman–Crippen MR) is 142 cm³/mol. The maximum Gasteiger partial charge on any atom is 0.197 e. The predicted octanol–water partition coefficient (Wildman–Crippen LogP) is 5.07. The molecule has 2 heterocycles. The number of benzene rings is 4. The summed E-state index contributed by atoms with van der Waals surface area (Å²) in [6.07, 6.45) is -0.833. The number of fused-ring (bicyclic) bond motifs is 2. The molecule has 10 heteroatoms. The van der Waals surface area contributed by atoms with Crippen LogP contribution in [0.15, 0.2) is 75.9 Å². The van der Waals surface area contributed by atoms with Gasteiger partial charge in [0, 0.05) is 35.4 Å². The second-order valence-corrected chi connectivity index (χ2v) is 9.36. The van der Waals surface area contributed by atoms with Crippen LogP contribution in [0.5, 0.6) is 40.2 Å². The van der Waals surface area contributed by atoms with E-state index in [4.69, 9.17) is 9.15 Å². The van der Waals surface area contributed by atoms with Crippen molar-refractivity contribution in [2.75, 3.05) is 0 Å². The zero-order valence-corrected chi connectivity index (χ0v) is 20.5. The molecular weight excluding hydrogens is 520 g/mol. The molecule has 6 rings (SSSR count). The van der Waals surface area contributed by atoms with Crippen LogP contribution in [0, 0.1) is 0 Å². The standard InChI is InChI=1S/C30H20O10/c31-15-4-1-13(2-5-15)23-11-22(37)29-26(39-23)12-20(35)27(30(29)38)17-7-14(3-6-18(17)33)24-10-21(36)28-19(34)8-16(32)9-25(28)40-24/h1-10,12,23,31-35,38H,11H2/t23-/m0/s1. The maximum atomic E-state index is 13.1. The average molecular weight is 540 g/mol. The molecule has 0 radical (unpaired) electrons. The highest BCUT2D eigenvalue weighted by Gasteiger charge is 2.33. The van der Waals surface area contributed by atoms with Crippen molar-refractivity contribution in [3.8, 4) is 62.7 Å². The quantitative estimate of drug-likeness (QED) is 0.181. The Morgan fingerprint density at radius 2 is 1.45 bits per heavy atom. The minimum absolute atomic E-state index is 0.0110. The SMILES string of the molecule is O=C1C[C@@H](c2ccc(O)cc2)Oc2cc(O)c(-c3cc(-c4cc(=O)c5c(O)cc(O)cc5o4)ccc3O)c(O)c21. The lowest BCUT2D eigenvalue weighted by Crippen LogP contribution is -2.20. The zero-order chi connectivity index (χ0) is 28.3. The molecule has 40 heavy (non-hydrogen) atoms. The van der Waals surface area contributed by atoms with Crippen molar-refractivity contribution in [3.63, 3.8) is 0 Å². The van der Waals surface area contributed by atoms with Gasteiger partial charge in [0.05, 0.1) is 12.0 Å². The molecule has 0 unspecified atom stereocenters. The maximum absolute atomic E-state index is 13.1. The molecule has 5 aromatic rings. The summed E-state index contributed by atoms with van der Waals surface area (Å²) in [7, 11) is 0. The van der Waals surface area contributed by atoms with Crippen molar-refractivity contribution in [1.29, 1.82) is 0 Å². The van der Waals surface area contributed by atoms with Crippen LogP contribution in [0.1, 0.15) is 28.4 Å². The first-order valence-corrected chi connectivity index (χ1v) is 12.0. The highest BCUT2D eigenvalue weighted by atomic mass is 16.5. The fourth-order valence-electron chi connectivity index (χ4n) is 4.89. The fourth-order valence-corrected chi connectivity index (χ4v) is 4.89. The highest BCUT2D eigenvalue weighted by molar-refractivity contribution is 6.06. The number of hydrogen-bond donors (Lipinski definition) is 6. The average Bonchev–Trinajstić information content (AvgIpc) is 2.89. The second-order valence-electron chi connectivity index (χ2n) is 9.36. The molecule has 0 aliphatic carbocycles. The van der Waals surface area contributed by atoms with Crippen LogP contribution >= 0.6 is 0 Å². The molecule has 200 valence electrons. The number of rotatable bonds is 3. The van der Waals surface area contributed by atoms with Crippen LogP contribution < -0.4 is 10.2 Å². The van der Waals surface area contributed by atoms with Crippen molar-refractivity contribution in [2.24, 2.45) is 0 Å². The molecular formula is C30H20O10. The lowest BCUT2D eigenvalue weighted by molar-refractivity contribution is 0.0845. The van der Waals surface area contributed by atoms with Crippen molar-refractivity contribution in [2.45, 2.75) is 12.5 Å². The Bertz CT molecular complexity index is 1900. The van der Waals surface area contributed by atoms with Gasteiger partial charge in [-0.1, -0.05) is 12.1 Å². The van der Waals surface area contributed by atoms with Crippen LogP contribution in [-0.2, 0) is 0 Å². The first-order valence-electron chi connectivity index (χ1n) is 12.0. The van der Waals surface area contributed by atoms with Crippen LogP contribution in [0.3, 0.4) is 0 Å². The lowest BCUT2D eigenvalue weighted by Gasteiger charge is -2.27. The summed E-state index contributed by atoms with van der Waals surface area (Å²) in [5.41, 5.74) is -0.281. The Labute approximate surface area is 224 Å². The van der Waals surface area contributed by atoms with E-state index in [0.717, 1.165) is 12.1 Å². The Morgan fingerprint density at radius 3 is 2.20 bits per heavy atom. The molecule has 10 nitrogen and oxygen atoms in total. The summed E-state index contributed by atoms with van der Waals surface area (Å²) in [6.45, 7) is 0. The third kappa shape index (κ3) is 3.99. The van der Waals surface area contributed by atoms with E-state index in [1.54, 1.807) is 12.1 Å². The van der Waals surface area contributed by atoms with E-state index < -0.39 is 34.6 Å². The topological polar surface area (TPSA) is 178 Å². The van der Waals surface area contributed by atoms with Gasteiger partial charge in [-0.2, -0.15) is 0 Å². The van der Waals surface area contributed by atoms with Crippen LogP contribution in [-0.4, -0.2) is 36.4 Å². The normalized spacial score (nSPS) is 14.6. The van der Waals surface area contributed by atoms with E-state index >= 15 is 0 Å². The van der Waals surface area contributed by atoms with Gasteiger partial charge in [0.2, 0.25) is 0 Å². The second kappa shape index (κ2) is 8.98. The van der Waals surface area contributed by atoms with Gasteiger partial charge in [0.25, 0.3) is 0 Å². The largest absolute Gasteiger partial charge is 0.508 e. The first kappa shape index (κ1) is 24.7. The molecule has 1 atom stereocenters. The Kier molecular flexibility index (Phi) is 5.54. The Morgan fingerprint density at radius 1 is 0.700 bits per heavy atom. The molecule has 6 N–H and O–H groups in total. The molecule has 0 saturated carbocycles. The molecule has 0 amide bonds. The minimum Gasteiger partial charge on any atom is -0.508 e. The third-order valence-electron chi connectivity index (χ3n) is 6.77. The van der Waals surface area contributed by atoms with E-state index in [-0.39, 0.29) is 68.4 Å². The summed E-state index contributed by atoms with van der Waals surface area (Å²) in [5, 5.41) is 61.9. The lowest BCUT2D eigenvalue weighted by atomic mass is 9.91. The molecule has 0 saturated heterocycles. The van der Waals surface area contributed by atoms with Crippen LogP contribution in [0.25, 0.3) is 33.4 Å². The minimum atomic E-state index is -0.711. The van der Waals surface area contributed by atoms with Gasteiger partial charge < -0.3 is 39.8 Å². The number of ketones is 1. The number of Topliss-reactive ketones (excluding diaryl/α,β-unsaturated/α-hetero) is 1. The Balaban J connectivity index is 1.45. The van der Waals surface area contributed by atoms with Gasteiger partial charge in [-0.25, -0.2) is 0 Å². The molecule has 0 fully saturated rings. The van der Waals surface area contributed by atoms with E-state index in [1.807, 2.05) is 0 Å². The van der Waals surface area contributed by atoms with Crippen molar-refractivity contribution in [1.82, 2.24) is 0 Å². The van der Waals surface area contributed by atoms with Gasteiger partial charge in [-0.15, -0.1) is 0 Å². The van der Waals surface area contributed by atoms with E-state index in [9.17, 15) is 40.2 Å². The van der Waals surface area contributed by atoms with Gasteiger partial charge in [0.1, 0.15) is 68.6 Å². The zero-order valence-electron chi connectivity index (χ0n) is 20.5. The van der Waals surface area contributed by atoms with Gasteiger partial charge in [-0.05, 0) is 35.9 Å². The van der Waals surface area contributed by atoms with E-state index in [2.05, 4.69) is 0 Å². The van der Waals surface area contributed by atoms with Crippen LogP contribution in [0.4, 0.5) is 0 Å². The molecule has 1 aromatic heterocycles. The molecule has 1 aliphatic rings. The van der Waals surface area contributed by atoms with Crippen molar-refractivity contribution in [3.05, 3.63) is 88.1 Å². The summed E-state index contributed by atoms with van der Waals surface area (Å²) in [6, 6.07) is 14.6. The number of carbonyl (C=O) groups excluding carboxylic acids is 1. The number of phenolic OH excluding ortho intramolecular Hbond substituents is 6. The number of ether oxygens (including phenoxy) is 1. The van der Waals surface area contributed by atoms with Gasteiger partial charge in [-0.3, -0.25) is 9.59 Å². The van der Waals surface area contributed by atoms with Crippen molar-refractivity contribution >= 4 is 16.8 Å². The monoisotopic (exact) mass is 540 g/mol. The van der Waals surface area contributed by atoms with E-state index in [0.29, 0.717) is 5.56 Å². The highest BCUT2D eigenvalue weighted by Crippen LogP contribution is 2.50. The number of carbonyl (C=O) groups is 1. The van der Waals surface area contributed by atoms with Crippen molar-refractivity contribution < 1.29 is 44.6 Å². The molecule has 0 bridgehead atoms. The van der Waals surface area contributed by atoms with E-state index in [1.165, 1.54) is 42.5 Å². The Hall–Kier alpha value is -5.64.